The van der Waals surface area contributed by atoms with Crippen LogP contribution in [0.15, 0.2) is 0 Å². The van der Waals surface area contributed by atoms with Crippen molar-refractivity contribution >= 4 is 5.91 Å². The smallest absolute Gasteiger partial charge is 0.228 e. The van der Waals surface area contributed by atoms with E-state index in [9.17, 15) is 9.90 Å². The van der Waals surface area contributed by atoms with Gasteiger partial charge in [-0.15, -0.1) is 0 Å². The molecule has 1 aliphatic rings. The standard InChI is InChI=1S/C17H33NO2/c1-5-7-8-9-16(3,4)15(20)18-12-10-17(6-2,14-19)11-13-18/h19H,5-14H2,1-4H3. The molecule has 0 aromatic carbocycles. The first-order chi connectivity index (χ1) is 9.40. The number of unbranched alkanes of at least 4 members (excludes halogenated alkanes) is 2. The Morgan fingerprint density at radius 3 is 2.25 bits per heavy atom. The molecule has 20 heavy (non-hydrogen) atoms. The largest absolute Gasteiger partial charge is 0.396 e. The third-order valence-electron chi connectivity index (χ3n) is 5.18. The van der Waals surface area contributed by atoms with Crippen LogP contribution in [0.2, 0.25) is 0 Å². The number of hydrogen-bond donors (Lipinski definition) is 1. The number of piperidine rings is 1. The van der Waals surface area contributed by atoms with Crippen LogP contribution < -0.4 is 0 Å². The molecule has 118 valence electrons. The maximum atomic E-state index is 12.7. The summed E-state index contributed by atoms with van der Waals surface area (Å²) in [6.07, 6.45) is 7.41. The van der Waals surface area contributed by atoms with Crippen LogP contribution >= 0.6 is 0 Å². The maximum Gasteiger partial charge on any atom is 0.228 e. The van der Waals surface area contributed by atoms with Gasteiger partial charge in [-0.1, -0.05) is 47.0 Å². The fourth-order valence-corrected chi connectivity index (χ4v) is 3.16. The minimum Gasteiger partial charge on any atom is -0.396 e. The lowest BCUT2D eigenvalue weighted by Crippen LogP contribution is -2.48. The van der Waals surface area contributed by atoms with Crippen molar-refractivity contribution in [3.63, 3.8) is 0 Å². The Kier molecular flexibility index (Phi) is 6.50. The van der Waals surface area contributed by atoms with Gasteiger partial charge in [0.1, 0.15) is 0 Å². The lowest BCUT2D eigenvalue weighted by Gasteiger charge is -2.42. The lowest BCUT2D eigenvalue weighted by atomic mass is 9.76. The van der Waals surface area contributed by atoms with Crippen molar-refractivity contribution in [3.05, 3.63) is 0 Å². The number of likely N-dealkylation sites (tertiary alicyclic amines) is 1. The molecule has 0 aliphatic carbocycles. The summed E-state index contributed by atoms with van der Waals surface area (Å²) in [4.78, 5) is 14.7. The van der Waals surface area contributed by atoms with Gasteiger partial charge in [0, 0.05) is 25.1 Å². The molecule has 0 radical (unpaired) electrons. The van der Waals surface area contributed by atoms with Gasteiger partial charge in [-0.3, -0.25) is 4.79 Å². The molecule has 0 saturated carbocycles. The Morgan fingerprint density at radius 2 is 1.80 bits per heavy atom. The highest BCUT2D eigenvalue weighted by molar-refractivity contribution is 5.82. The molecule has 0 aromatic rings. The molecule has 1 amide bonds. The Hall–Kier alpha value is -0.570. The van der Waals surface area contributed by atoms with Crippen LogP contribution in [-0.2, 0) is 4.79 Å². The topological polar surface area (TPSA) is 40.5 Å². The highest BCUT2D eigenvalue weighted by Crippen LogP contribution is 2.36. The van der Waals surface area contributed by atoms with E-state index in [2.05, 4.69) is 27.7 Å². The van der Waals surface area contributed by atoms with E-state index in [0.29, 0.717) is 5.91 Å². The van der Waals surface area contributed by atoms with E-state index in [1.54, 1.807) is 0 Å². The van der Waals surface area contributed by atoms with Gasteiger partial charge in [0.2, 0.25) is 5.91 Å². The second-order valence-corrected chi connectivity index (χ2v) is 7.14. The number of amides is 1. The summed E-state index contributed by atoms with van der Waals surface area (Å²) in [5.74, 6) is 0.302. The van der Waals surface area contributed by atoms with Gasteiger partial charge in [-0.05, 0) is 31.1 Å². The van der Waals surface area contributed by atoms with Crippen LogP contribution in [0.25, 0.3) is 0 Å². The molecule has 3 heteroatoms. The Balaban J connectivity index is 2.53. The normalized spacial score (nSPS) is 19.1. The SMILES string of the molecule is CCCCCC(C)(C)C(=O)N1CCC(CC)(CO)CC1. The second-order valence-electron chi connectivity index (χ2n) is 7.14. The highest BCUT2D eigenvalue weighted by Gasteiger charge is 2.38. The molecule has 0 unspecified atom stereocenters. The quantitative estimate of drug-likeness (QED) is 0.725. The molecule has 1 N–H and O–H groups in total. The maximum absolute atomic E-state index is 12.7. The summed E-state index contributed by atoms with van der Waals surface area (Å²) >= 11 is 0. The minimum absolute atomic E-state index is 0.0587. The van der Waals surface area contributed by atoms with Crippen LogP contribution in [-0.4, -0.2) is 35.6 Å². The minimum atomic E-state index is -0.236. The number of hydrogen-bond acceptors (Lipinski definition) is 2. The van der Waals surface area contributed by atoms with Gasteiger partial charge in [0.05, 0.1) is 0 Å². The summed E-state index contributed by atoms with van der Waals surface area (Å²) in [6, 6.07) is 0. The molecule has 0 spiro atoms. The van der Waals surface area contributed by atoms with Gasteiger partial charge in [-0.25, -0.2) is 0 Å². The van der Waals surface area contributed by atoms with E-state index in [-0.39, 0.29) is 17.4 Å². The lowest BCUT2D eigenvalue weighted by molar-refractivity contribution is -0.143. The third kappa shape index (κ3) is 4.21. The van der Waals surface area contributed by atoms with E-state index in [4.69, 9.17) is 0 Å². The van der Waals surface area contributed by atoms with Gasteiger partial charge in [-0.2, -0.15) is 0 Å². The van der Waals surface area contributed by atoms with E-state index in [1.807, 2.05) is 4.90 Å². The summed E-state index contributed by atoms with van der Waals surface area (Å²) in [5, 5.41) is 9.57. The first-order valence-electron chi connectivity index (χ1n) is 8.31. The van der Waals surface area contributed by atoms with E-state index in [0.717, 1.165) is 45.2 Å². The van der Waals surface area contributed by atoms with Crippen LogP contribution in [0, 0.1) is 10.8 Å². The Morgan fingerprint density at radius 1 is 1.20 bits per heavy atom. The van der Waals surface area contributed by atoms with Crippen molar-refractivity contribution in [3.8, 4) is 0 Å². The van der Waals surface area contributed by atoms with E-state index < -0.39 is 0 Å². The zero-order valence-electron chi connectivity index (χ0n) is 13.9. The molecular formula is C17H33NO2. The Bertz CT molecular complexity index is 298. The molecule has 3 nitrogen and oxygen atoms in total. The number of rotatable bonds is 7. The molecule has 0 atom stereocenters. The summed E-state index contributed by atoms with van der Waals surface area (Å²) in [5.41, 5.74) is -0.177. The van der Waals surface area contributed by atoms with Gasteiger partial charge in [0.15, 0.2) is 0 Å². The predicted molar refractivity (Wildman–Crippen MR) is 83.5 cm³/mol. The van der Waals surface area contributed by atoms with Crippen molar-refractivity contribution in [2.75, 3.05) is 19.7 Å². The van der Waals surface area contributed by atoms with Crippen molar-refractivity contribution in [1.82, 2.24) is 4.90 Å². The second kappa shape index (κ2) is 7.44. The molecule has 0 aromatic heterocycles. The van der Waals surface area contributed by atoms with Gasteiger partial charge < -0.3 is 10.0 Å². The number of carbonyl (C=O) groups excluding carboxylic acids is 1. The number of nitrogens with zero attached hydrogens (tertiary/aromatic N) is 1. The fourth-order valence-electron chi connectivity index (χ4n) is 3.16. The third-order valence-corrected chi connectivity index (χ3v) is 5.18. The summed E-state index contributed by atoms with van der Waals surface area (Å²) in [7, 11) is 0. The van der Waals surface area contributed by atoms with Crippen LogP contribution in [0.4, 0.5) is 0 Å². The molecule has 0 bridgehead atoms. The zero-order chi connectivity index (χ0) is 15.2. The van der Waals surface area contributed by atoms with Crippen molar-refractivity contribution in [2.45, 2.75) is 72.6 Å². The average Bonchev–Trinajstić information content (AvgIpc) is 2.46. The molecule has 1 rings (SSSR count). The van der Waals surface area contributed by atoms with Crippen molar-refractivity contribution in [2.24, 2.45) is 10.8 Å². The number of carbonyl (C=O) groups is 1. The van der Waals surface area contributed by atoms with Crippen LogP contribution in [0.5, 0.6) is 0 Å². The first kappa shape index (κ1) is 17.5. The zero-order valence-corrected chi connectivity index (χ0v) is 13.9. The summed E-state index contributed by atoms with van der Waals surface area (Å²) < 4.78 is 0. The molecule has 1 fully saturated rings. The first-order valence-corrected chi connectivity index (χ1v) is 8.31. The van der Waals surface area contributed by atoms with Crippen molar-refractivity contribution in [1.29, 1.82) is 0 Å². The summed E-state index contributed by atoms with van der Waals surface area (Å²) in [6.45, 7) is 10.4. The molecule has 1 saturated heterocycles. The van der Waals surface area contributed by atoms with E-state index in [1.165, 1.54) is 12.8 Å². The van der Waals surface area contributed by atoms with Gasteiger partial charge in [0.25, 0.3) is 0 Å². The Labute approximate surface area is 124 Å². The molecule has 1 heterocycles. The van der Waals surface area contributed by atoms with Crippen LogP contribution in [0.1, 0.15) is 72.6 Å². The van der Waals surface area contributed by atoms with Crippen molar-refractivity contribution < 1.29 is 9.90 Å². The molecular weight excluding hydrogens is 250 g/mol. The number of aliphatic hydroxyl groups is 1. The molecule has 1 aliphatic heterocycles. The predicted octanol–water partition coefficient (Wildman–Crippen LogP) is 3.60. The van der Waals surface area contributed by atoms with E-state index >= 15 is 0 Å². The number of aliphatic hydroxyl groups excluding tert-OH is 1. The van der Waals surface area contributed by atoms with Gasteiger partial charge >= 0.3 is 0 Å². The monoisotopic (exact) mass is 283 g/mol. The fraction of sp³-hybridized carbons (Fsp3) is 0.941. The van der Waals surface area contributed by atoms with Crippen LogP contribution in [0.3, 0.4) is 0 Å². The average molecular weight is 283 g/mol. The highest BCUT2D eigenvalue weighted by atomic mass is 16.3.